The van der Waals surface area contributed by atoms with E-state index in [0.29, 0.717) is 25.6 Å². The van der Waals surface area contributed by atoms with Gasteiger partial charge in [-0.25, -0.2) is 4.72 Å². The number of hydrogen-bond acceptors (Lipinski definition) is 3. The van der Waals surface area contributed by atoms with Gasteiger partial charge in [-0.1, -0.05) is 25.1 Å². The Labute approximate surface area is 134 Å². The quantitative estimate of drug-likeness (QED) is 0.871. The third-order valence-electron chi connectivity index (χ3n) is 4.47. The fourth-order valence-electron chi connectivity index (χ4n) is 2.60. The maximum absolute atomic E-state index is 12.4. The number of rotatable bonds is 6. The molecule has 0 radical (unpaired) electrons. The average Bonchev–Trinajstić information content (AvgIpc) is 2.53. The van der Waals surface area contributed by atoms with Gasteiger partial charge in [0, 0.05) is 38.4 Å². The molecule has 0 bridgehead atoms. The predicted octanol–water partition coefficient (Wildman–Crippen LogP) is 2.08. The highest BCUT2D eigenvalue weighted by atomic mass is 32.2. The van der Waals surface area contributed by atoms with Gasteiger partial charge in [0.1, 0.15) is 0 Å². The summed E-state index contributed by atoms with van der Waals surface area (Å²) in [6.45, 7) is 5.85. The molecular weight excluding hydrogens is 298 g/mol. The molecule has 1 aliphatic rings. The molecule has 6 heteroatoms. The number of hydrogen-bond donors (Lipinski definition) is 1. The van der Waals surface area contributed by atoms with Crippen LogP contribution in [0.2, 0.25) is 0 Å². The summed E-state index contributed by atoms with van der Waals surface area (Å²) >= 11 is 0. The van der Waals surface area contributed by atoms with Crippen LogP contribution < -0.4 is 9.62 Å². The SMILES string of the molecule is CC1CCN(S(=O)(=O)NC[C@H](C)N(C)c2ccccc2)CC1. The van der Waals surface area contributed by atoms with E-state index in [0.717, 1.165) is 18.5 Å². The lowest BCUT2D eigenvalue weighted by Gasteiger charge is -2.31. The number of nitrogens with zero attached hydrogens (tertiary/aromatic N) is 2. The van der Waals surface area contributed by atoms with Crippen LogP contribution in [-0.4, -0.2) is 45.4 Å². The van der Waals surface area contributed by atoms with E-state index in [-0.39, 0.29) is 6.04 Å². The fraction of sp³-hybridized carbons (Fsp3) is 0.625. The summed E-state index contributed by atoms with van der Waals surface area (Å²) in [5.74, 6) is 0.620. The number of anilines is 1. The summed E-state index contributed by atoms with van der Waals surface area (Å²) < 4.78 is 29.0. The van der Waals surface area contributed by atoms with Crippen molar-refractivity contribution in [3.63, 3.8) is 0 Å². The molecular formula is C16H27N3O2S. The Morgan fingerprint density at radius 3 is 2.45 bits per heavy atom. The molecule has 1 heterocycles. The molecule has 2 rings (SSSR count). The van der Waals surface area contributed by atoms with E-state index >= 15 is 0 Å². The van der Waals surface area contributed by atoms with Crippen molar-refractivity contribution in [2.75, 3.05) is 31.6 Å². The van der Waals surface area contributed by atoms with Gasteiger partial charge in [0.15, 0.2) is 0 Å². The Hall–Kier alpha value is -1.11. The molecule has 0 saturated carbocycles. The summed E-state index contributed by atoms with van der Waals surface area (Å²) in [6.07, 6.45) is 1.89. The highest BCUT2D eigenvalue weighted by molar-refractivity contribution is 7.87. The minimum Gasteiger partial charge on any atom is -0.371 e. The van der Waals surface area contributed by atoms with Gasteiger partial charge < -0.3 is 4.90 Å². The van der Waals surface area contributed by atoms with Gasteiger partial charge >= 0.3 is 0 Å². The molecule has 0 aromatic heterocycles. The van der Waals surface area contributed by atoms with Crippen LogP contribution in [0, 0.1) is 5.92 Å². The van der Waals surface area contributed by atoms with E-state index in [2.05, 4.69) is 16.5 Å². The number of para-hydroxylation sites is 1. The van der Waals surface area contributed by atoms with Crippen LogP contribution in [0.15, 0.2) is 30.3 Å². The monoisotopic (exact) mass is 325 g/mol. The second-order valence-electron chi connectivity index (χ2n) is 6.23. The molecule has 1 aromatic carbocycles. The second-order valence-corrected chi connectivity index (χ2v) is 7.99. The molecule has 22 heavy (non-hydrogen) atoms. The Kier molecular flexibility index (Phi) is 5.83. The van der Waals surface area contributed by atoms with Crippen molar-refractivity contribution >= 4 is 15.9 Å². The van der Waals surface area contributed by atoms with Crippen LogP contribution >= 0.6 is 0 Å². The first-order valence-electron chi connectivity index (χ1n) is 7.93. The Morgan fingerprint density at radius 1 is 1.27 bits per heavy atom. The lowest BCUT2D eigenvalue weighted by atomic mass is 10.0. The van der Waals surface area contributed by atoms with Crippen molar-refractivity contribution in [2.45, 2.75) is 32.7 Å². The lowest BCUT2D eigenvalue weighted by molar-refractivity contribution is 0.285. The largest absolute Gasteiger partial charge is 0.371 e. The van der Waals surface area contributed by atoms with E-state index in [4.69, 9.17) is 0 Å². The Morgan fingerprint density at radius 2 is 1.86 bits per heavy atom. The molecule has 0 spiro atoms. The van der Waals surface area contributed by atoms with Crippen molar-refractivity contribution in [2.24, 2.45) is 5.92 Å². The molecule has 1 N–H and O–H groups in total. The molecule has 0 amide bonds. The molecule has 0 unspecified atom stereocenters. The van der Waals surface area contributed by atoms with Crippen LogP contribution in [0.25, 0.3) is 0 Å². The summed E-state index contributed by atoms with van der Waals surface area (Å²) in [4.78, 5) is 2.08. The van der Waals surface area contributed by atoms with E-state index < -0.39 is 10.2 Å². The van der Waals surface area contributed by atoms with Gasteiger partial charge in [0.05, 0.1) is 0 Å². The number of likely N-dealkylation sites (N-methyl/N-ethyl adjacent to an activating group) is 1. The highest BCUT2D eigenvalue weighted by Crippen LogP contribution is 2.18. The minimum absolute atomic E-state index is 0.0842. The molecule has 124 valence electrons. The van der Waals surface area contributed by atoms with E-state index in [1.54, 1.807) is 4.31 Å². The van der Waals surface area contributed by atoms with Crippen molar-refractivity contribution in [1.29, 1.82) is 0 Å². The molecule has 1 aromatic rings. The topological polar surface area (TPSA) is 52.7 Å². The molecule has 0 aliphatic carbocycles. The fourth-order valence-corrected chi connectivity index (χ4v) is 3.92. The number of benzene rings is 1. The normalized spacial score (nSPS) is 19.0. The van der Waals surface area contributed by atoms with E-state index in [9.17, 15) is 8.42 Å². The standard InChI is InChI=1S/C16H27N3O2S/c1-14-9-11-19(12-10-14)22(20,21)17-13-15(2)18(3)16-7-5-4-6-8-16/h4-8,14-15,17H,9-13H2,1-3H3/t15-/m0/s1. The first-order valence-corrected chi connectivity index (χ1v) is 9.37. The second kappa shape index (κ2) is 7.44. The van der Waals surface area contributed by atoms with Gasteiger partial charge in [-0.3, -0.25) is 0 Å². The number of piperidine rings is 1. The molecule has 1 fully saturated rings. The van der Waals surface area contributed by atoms with Crippen LogP contribution in [0.4, 0.5) is 5.69 Å². The zero-order valence-electron chi connectivity index (χ0n) is 13.7. The third-order valence-corrected chi connectivity index (χ3v) is 6.04. The highest BCUT2D eigenvalue weighted by Gasteiger charge is 2.26. The van der Waals surface area contributed by atoms with Crippen LogP contribution in [0.1, 0.15) is 26.7 Å². The first-order chi connectivity index (χ1) is 10.4. The maximum Gasteiger partial charge on any atom is 0.279 e. The summed E-state index contributed by atoms with van der Waals surface area (Å²) in [6, 6.07) is 10.1. The summed E-state index contributed by atoms with van der Waals surface area (Å²) in [5.41, 5.74) is 1.08. The molecule has 1 saturated heterocycles. The maximum atomic E-state index is 12.4. The van der Waals surface area contributed by atoms with Crippen LogP contribution in [0.5, 0.6) is 0 Å². The van der Waals surface area contributed by atoms with Crippen LogP contribution in [-0.2, 0) is 10.2 Å². The lowest BCUT2D eigenvalue weighted by Crippen LogP contribution is -2.48. The molecule has 1 atom stereocenters. The van der Waals surface area contributed by atoms with Crippen molar-refractivity contribution in [3.05, 3.63) is 30.3 Å². The van der Waals surface area contributed by atoms with Gasteiger partial charge in [-0.05, 0) is 37.8 Å². The van der Waals surface area contributed by atoms with E-state index in [1.807, 2.05) is 44.3 Å². The van der Waals surface area contributed by atoms with Crippen LogP contribution in [0.3, 0.4) is 0 Å². The van der Waals surface area contributed by atoms with Gasteiger partial charge in [0.25, 0.3) is 10.2 Å². The summed E-state index contributed by atoms with van der Waals surface area (Å²) in [7, 11) is -1.38. The Bertz CT molecular complexity index is 554. The van der Waals surface area contributed by atoms with E-state index in [1.165, 1.54) is 0 Å². The zero-order valence-corrected chi connectivity index (χ0v) is 14.5. The Balaban J connectivity index is 1.88. The summed E-state index contributed by atoms with van der Waals surface area (Å²) in [5, 5.41) is 0. The third kappa shape index (κ3) is 4.44. The average molecular weight is 325 g/mol. The van der Waals surface area contributed by atoms with Crippen molar-refractivity contribution in [1.82, 2.24) is 9.03 Å². The van der Waals surface area contributed by atoms with Crippen molar-refractivity contribution in [3.8, 4) is 0 Å². The first kappa shape index (κ1) is 17.2. The smallest absolute Gasteiger partial charge is 0.279 e. The predicted molar refractivity (Wildman–Crippen MR) is 91.2 cm³/mol. The minimum atomic E-state index is -3.36. The van der Waals surface area contributed by atoms with Gasteiger partial charge in [-0.15, -0.1) is 0 Å². The zero-order chi connectivity index (χ0) is 16.2. The number of nitrogens with one attached hydrogen (secondary N) is 1. The van der Waals surface area contributed by atoms with Gasteiger partial charge in [0.2, 0.25) is 0 Å². The molecule has 1 aliphatic heterocycles. The molecule has 5 nitrogen and oxygen atoms in total. The van der Waals surface area contributed by atoms with Crippen molar-refractivity contribution < 1.29 is 8.42 Å². The van der Waals surface area contributed by atoms with Gasteiger partial charge in [-0.2, -0.15) is 12.7 Å².